The summed E-state index contributed by atoms with van der Waals surface area (Å²) in [4.78, 5) is 15.4. The van der Waals surface area contributed by atoms with Crippen LogP contribution < -0.4 is 5.32 Å². The molecule has 1 heterocycles. The SMILES string of the molecule is CC[C@H](NC(=O)c1[nH]c2c(F)cccc2c1C)C1CC(O)C1. The lowest BCUT2D eigenvalue weighted by atomic mass is 9.76. The molecule has 1 saturated carbocycles. The van der Waals surface area contributed by atoms with E-state index in [0.29, 0.717) is 17.1 Å². The average Bonchev–Trinajstić information content (AvgIpc) is 2.81. The Kier molecular flexibility index (Phi) is 3.91. The van der Waals surface area contributed by atoms with Crippen molar-refractivity contribution < 1.29 is 14.3 Å². The molecule has 0 saturated heterocycles. The fourth-order valence-corrected chi connectivity index (χ4v) is 3.30. The van der Waals surface area contributed by atoms with E-state index in [-0.39, 0.29) is 23.9 Å². The monoisotopic (exact) mass is 304 g/mol. The van der Waals surface area contributed by atoms with Crippen LogP contribution in [0.15, 0.2) is 18.2 Å². The Bertz CT molecular complexity index is 704. The number of rotatable bonds is 4. The minimum absolute atomic E-state index is 0.0477. The number of aryl methyl sites for hydroxylation is 1. The number of benzene rings is 1. The lowest BCUT2D eigenvalue weighted by molar-refractivity contribution is 0.0232. The van der Waals surface area contributed by atoms with Crippen LogP contribution in [0, 0.1) is 18.7 Å². The minimum Gasteiger partial charge on any atom is -0.393 e. The second kappa shape index (κ2) is 5.72. The molecule has 0 bridgehead atoms. The summed E-state index contributed by atoms with van der Waals surface area (Å²) in [6.45, 7) is 3.84. The van der Waals surface area contributed by atoms with Gasteiger partial charge in [0.05, 0.1) is 11.6 Å². The van der Waals surface area contributed by atoms with Crippen molar-refractivity contribution >= 4 is 16.8 Å². The first kappa shape index (κ1) is 15.0. The van der Waals surface area contributed by atoms with Crippen LogP contribution >= 0.6 is 0 Å². The molecule has 1 aromatic heterocycles. The number of aromatic amines is 1. The van der Waals surface area contributed by atoms with Crippen molar-refractivity contribution in [1.82, 2.24) is 10.3 Å². The van der Waals surface area contributed by atoms with Crippen LogP contribution in [0.5, 0.6) is 0 Å². The molecule has 1 aliphatic carbocycles. The van der Waals surface area contributed by atoms with Gasteiger partial charge in [0.25, 0.3) is 5.91 Å². The van der Waals surface area contributed by atoms with Crippen molar-refractivity contribution in [3.8, 4) is 0 Å². The molecular formula is C17H21FN2O2. The van der Waals surface area contributed by atoms with Crippen molar-refractivity contribution in [1.29, 1.82) is 0 Å². The minimum atomic E-state index is -0.353. The topological polar surface area (TPSA) is 65.1 Å². The van der Waals surface area contributed by atoms with Crippen molar-refractivity contribution in [2.75, 3.05) is 0 Å². The Morgan fingerprint density at radius 2 is 2.23 bits per heavy atom. The largest absolute Gasteiger partial charge is 0.393 e. The van der Waals surface area contributed by atoms with Crippen LogP contribution in [0.3, 0.4) is 0 Å². The Hall–Kier alpha value is -1.88. The van der Waals surface area contributed by atoms with Gasteiger partial charge in [0, 0.05) is 11.4 Å². The van der Waals surface area contributed by atoms with E-state index in [1.54, 1.807) is 12.1 Å². The standard InChI is InChI=1S/C17H21FN2O2/c1-3-14(10-7-11(21)8-10)19-17(22)15-9(2)12-5-4-6-13(18)16(12)20-15/h4-6,10-11,14,20-21H,3,7-8H2,1-2H3,(H,19,22)/t10?,11?,14-/m0/s1. The number of aliphatic hydroxyl groups is 1. The number of para-hydroxylation sites is 1. The van der Waals surface area contributed by atoms with Gasteiger partial charge in [-0.15, -0.1) is 0 Å². The van der Waals surface area contributed by atoms with E-state index >= 15 is 0 Å². The van der Waals surface area contributed by atoms with Crippen LogP contribution in [-0.4, -0.2) is 28.1 Å². The maximum Gasteiger partial charge on any atom is 0.268 e. The number of fused-ring (bicyclic) bond motifs is 1. The highest BCUT2D eigenvalue weighted by Crippen LogP contribution is 2.32. The van der Waals surface area contributed by atoms with Gasteiger partial charge < -0.3 is 15.4 Å². The molecular weight excluding hydrogens is 283 g/mol. The first-order valence-corrected chi connectivity index (χ1v) is 7.77. The molecule has 0 radical (unpaired) electrons. The zero-order valence-electron chi connectivity index (χ0n) is 12.8. The summed E-state index contributed by atoms with van der Waals surface area (Å²) in [5.74, 6) is -0.236. The summed E-state index contributed by atoms with van der Waals surface area (Å²) < 4.78 is 13.8. The second-order valence-corrected chi connectivity index (χ2v) is 6.16. The number of hydrogen-bond donors (Lipinski definition) is 3. The third kappa shape index (κ3) is 2.50. The number of aliphatic hydroxyl groups excluding tert-OH is 1. The van der Waals surface area contributed by atoms with Crippen LogP contribution in [0.1, 0.15) is 42.2 Å². The highest BCUT2D eigenvalue weighted by atomic mass is 19.1. The molecule has 5 heteroatoms. The zero-order chi connectivity index (χ0) is 15.9. The van der Waals surface area contributed by atoms with Crippen LogP contribution in [-0.2, 0) is 0 Å². The number of nitrogens with one attached hydrogen (secondary N) is 2. The van der Waals surface area contributed by atoms with Crippen molar-refractivity contribution in [3.63, 3.8) is 0 Å². The molecule has 1 fully saturated rings. The van der Waals surface area contributed by atoms with Gasteiger partial charge in [0.15, 0.2) is 0 Å². The molecule has 0 unspecified atom stereocenters. The summed E-state index contributed by atoms with van der Waals surface area (Å²) in [5.41, 5.74) is 1.55. The number of carbonyl (C=O) groups is 1. The predicted molar refractivity (Wildman–Crippen MR) is 83.3 cm³/mol. The molecule has 1 atom stereocenters. The molecule has 0 aliphatic heterocycles. The molecule has 118 valence electrons. The van der Waals surface area contributed by atoms with E-state index in [9.17, 15) is 14.3 Å². The summed E-state index contributed by atoms with van der Waals surface area (Å²) in [6, 6.07) is 4.88. The van der Waals surface area contributed by atoms with E-state index in [2.05, 4.69) is 10.3 Å². The Morgan fingerprint density at radius 1 is 1.50 bits per heavy atom. The van der Waals surface area contributed by atoms with Gasteiger partial charge in [-0.3, -0.25) is 4.79 Å². The number of hydrogen-bond acceptors (Lipinski definition) is 2. The molecule has 2 aromatic rings. The average molecular weight is 304 g/mol. The fourth-order valence-electron chi connectivity index (χ4n) is 3.30. The maximum absolute atomic E-state index is 13.8. The Morgan fingerprint density at radius 3 is 2.82 bits per heavy atom. The first-order chi connectivity index (χ1) is 10.5. The number of carbonyl (C=O) groups excluding carboxylic acids is 1. The van der Waals surface area contributed by atoms with E-state index in [0.717, 1.165) is 30.2 Å². The highest BCUT2D eigenvalue weighted by Gasteiger charge is 2.34. The van der Waals surface area contributed by atoms with Gasteiger partial charge in [-0.05, 0) is 43.7 Å². The molecule has 0 spiro atoms. The van der Waals surface area contributed by atoms with Gasteiger partial charge in [0.1, 0.15) is 11.5 Å². The summed E-state index contributed by atoms with van der Waals surface area (Å²) in [7, 11) is 0. The Labute approximate surface area is 128 Å². The maximum atomic E-state index is 13.8. The lowest BCUT2D eigenvalue weighted by Crippen LogP contribution is -2.46. The highest BCUT2D eigenvalue weighted by molar-refractivity contribution is 6.01. The molecule has 4 nitrogen and oxygen atoms in total. The number of amides is 1. The van der Waals surface area contributed by atoms with Crippen molar-refractivity contribution in [2.24, 2.45) is 5.92 Å². The van der Waals surface area contributed by atoms with Crippen LogP contribution in [0.4, 0.5) is 4.39 Å². The van der Waals surface area contributed by atoms with Crippen LogP contribution in [0.25, 0.3) is 10.9 Å². The smallest absolute Gasteiger partial charge is 0.268 e. The predicted octanol–water partition coefficient (Wildman–Crippen LogP) is 2.89. The van der Waals surface area contributed by atoms with E-state index in [4.69, 9.17) is 0 Å². The van der Waals surface area contributed by atoms with Gasteiger partial charge in [0.2, 0.25) is 0 Å². The fraction of sp³-hybridized carbons (Fsp3) is 0.471. The summed E-state index contributed by atoms with van der Waals surface area (Å²) in [5, 5.41) is 13.2. The van der Waals surface area contributed by atoms with Gasteiger partial charge in [-0.25, -0.2) is 4.39 Å². The van der Waals surface area contributed by atoms with Gasteiger partial charge >= 0.3 is 0 Å². The Balaban J connectivity index is 1.83. The normalized spacial score (nSPS) is 22.4. The molecule has 1 amide bonds. The van der Waals surface area contributed by atoms with Crippen molar-refractivity contribution in [3.05, 3.63) is 35.3 Å². The van der Waals surface area contributed by atoms with Gasteiger partial charge in [-0.1, -0.05) is 19.1 Å². The molecule has 3 N–H and O–H groups in total. The quantitative estimate of drug-likeness (QED) is 0.813. The third-order valence-corrected chi connectivity index (χ3v) is 4.74. The van der Waals surface area contributed by atoms with E-state index in [1.165, 1.54) is 6.07 Å². The molecule has 22 heavy (non-hydrogen) atoms. The summed E-state index contributed by atoms with van der Waals surface area (Å²) in [6.07, 6.45) is 2.05. The zero-order valence-corrected chi connectivity index (χ0v) is 12.8. The molecule has 1 aliphatic rings. The molecule has 3 rings (SSSR count). The van der Waals surface area contributed by atoms with Gasteiger partial charge in [-0.2, -0.15) is 0 Å². The second-order valence-electron chi connectivity index (χ2n) is 6.16. The van der Waals surface area contributed by atoms with Crippen molar-refractivity contribution in [2.45, 2.75) is 45.3 Å². The summed E-state index contributed by atoms with van der Waals surface area (Å²) >= 11 is 0. The van der Waals surface area contributed by atoms with E-state index < -0.39 is 0 Å². The van der Waals surface area contributed by atoms with E-state index in [1.807, 2.05) is 13.8 Å². The third-order valence-electron chi connectivity index (χ3n) is 4.74. The number of aromatic nitrogens is 1. The first-order valence-electron chi connectivity index (χ1n) is 7.77. The molecule has 1 aromatic carbocycles. The van der Waals surface area contributed by atoms with Crippen LogP contribution in [0.2, 0.25) is 0 Å². The number of halogens is 1. The lowest BCUT2D eigenvalue weighted by Gasteiger charge is -2.37. The number of H-pyrrole nitrogens is 1.